The second-order valence-electron chi connectivity index (χ2n) is 5.85. The van der Waals surface area contributed by atoms with Crippen LogP contribution in [0.3, 0.4) is 0 Å². The van der Waals surface area contributed by atoms with Gasteiger partial charge in [0.05, 0.1) is 0 Å². The summed E-state index contributed by atoms with van der Waals surface area (Å²) in [6.45, 7) is 2.14. The van der Waals surface area contributed by atoms with E-state index in [4.69, 9.17) is 5.73 Å². The number of nitrogens with one attached hydrogen (secondary N) is 2. The number of halogens is 1. The largest absolute Gasteiger partial charge is 0.326 e. The van der Waals surface area contributed by atoms with Crippen LogP contribution in [0.2, 0.25) is 0 Å². The number of hydrogen-bond acceptors (Lipinski definition) is 3. The molecule has 0 fully saturated rings. The highest BCUT2D eigenvalue weighted by molar-refractivity contribution is 6.00. The van der Waals surface area contributed by atoms with Crippen LogP contribution >= 0.6 is 0 Å². The second-order valence-corrected chi connectivity index (χ2v) is 5.85. The number of hydrogen-bond donors (Lipinski definition) is 3. The molecule has 0 saturated heterocycles. The van der Waals surface area contributed by atoms with E-state index in [1.165, 1.54) is 12.1 Å². The number of aromatic nitrogens is 1. The van der Waals surface area contributed by atoms with E-state index in [1.807, 2.05) is 31.2 Å². The number of amides is 2. The minimum absolute atomic E-state index is 0.204. The van der Waals surface area contributed by atoms with Gasteiger partial charge in [0.1, 0.15) is 5.82 Å². The molecule has 0 atom stereocenters. The van der Waals surface area contributed by atoms with E-state index >= 15 is 0 Å². The summed E-state index contributed by atoms with van der Waals surface area (Å²) < 4.78 is 13.4. The third kappa shape index (κ3) is 4.23. The first-order valence-electron chi connectivity index (χ1n) is 8.15. The molecular formula is C20H19FN4O. The van der Waals surface area contributed by atoms with Crippen LogP contribution in [-0.2, 0) is 6.54 Å². The Balaban J connectivity index is 1.69. The standard InChI is InChI=1S/C20H19FN4O/c1-13-10-15(8-9-23-13)14-3-6-18(7-4-14)24-20(26)25-19-11-17(21)5-2-16(19)12-22/h2-11H,12,22H2,1H3,(H2,24,25,26). The zero-order valence-corrected chi connectivity index (χ0v) is 14.3. The third-order valence-electron chi connectivity index (χ3n) is 3.91. The number of rotatable bonds is 4. The number of nitrogens with zero attached hydrogens (tertiary/aromatic N) is 1. The summed E-state index contributed by atoms with van der Waals surface area (Å²) in [4.78, 5) is 16.3. The van der Waals surface area contributed by atoms with Gasteiger partial charge in [-0.1, -0.05) is 18.2 Å². The Morgan fingerprint density at radius 2 is 1.81 bits per heavy atom. The summed E-state index contributed by atoms with van der Waals surface area (Å²) in [5, 5.41) is 5.35. The maximum atomic E-state index is 13.4. The van der Waals surface area contributed by atoms with Crippen LogP contribution in [0.1, 0.15) is 11.3 Å². The van der Waals surface area contributed by atoms with Crippen molar-refractivity contribution in [3.63, 3.8) is 0 Å². The van der Waals surface area contributed by atoms with Gasteiger partial charge in [0, 0.05) is 29.8 Å². The van der Waals surface area contributed by atoms with Crippen LogP contribution in [0.5, 0.6) is 0 Å². The summed E-state index contributed by atoms with van der Waals surface area (Å²) >= 11 is 0. The predicted molar refractivity (Wildman–Crippen MR) is 101 cm³/mol. The number of carbonyl (C=O) groups excluding carboxylic acids is 1. The lowest BCUT2D eigenvalue weighted by molar-refractivity contribution is 0.262. The Bertz CT molecular complexity index is 925. The first-order valence-corrected chi connectivity index (χ1v) is 8.15. The van der Waals surface area contributed by atoms with Crippen LogP contribution in [0.15, 0.2) is 60.8 Å². The topological polar surface area (TPSA) is 80.0 Å². The number of nitrogens with two attached hydrogens (primary N) is 1. The highest BCUT2D eigenvalue weighted by atomic mass is 19.1. The summed E-state index contributed by atoms with van der Waals surface area (Å²) in [5.74, 6) is -0.436. The minimum Gasteiger partial charge on any atom is -0.326 e. The van der Waals surface area contributed by atoms with Gasteiger partial charge in [-0.2, -0.15) is 0 Å². The zero-order valence-electron chi connectivity index (χ0n) is 14.3. The van der Waals surface area contributed by atoms with Gasteiger partial charge >= 0.3 is 6.03 Å². The van der Waals surface area contributed by atoms with Crippen LogP contribution in [0.4, 0.5) is 20.6 Å². The first kappa shape index (κ1) is 17.6. The van der Waals surface area contributed by atoms with Crippen molar-refractivity contribution >= 4 is 17.4 Å². The Morgan fingerprint density at radius 1 is 1.04 bits per heavy atom. The molecular weight excluding hydrogens is 331 g/mol. The molecule has 1 heterocycles. The van der Waals surface area contributed by atoms with E-state index in [-0.39, 0.29) is 6.54 Å². The fourth-order valence-electron chi connectivity index (χ4n) is 2.60. The zero-order chi connectivity index (χ0) is 18.5. The molecule has 132 valence electrons. The van der Waals surface area contributed by atoms with Crippen molar-refractivity contribution in [3.8, 4) is 11.1 Å². The fraction of sp³-hybridized carbons (Fsp3) is 0.100. The quantitative estimate of drug-likeness (QED) is 0.656. The van der Waals surface area contributed by atoms with Gasteiger partial charge in [0.25, 0.3) is 0 Å². The minimum atomic E-state index is -0.460. The van der Waals surface area contributed by atoms with Crippen molar-refractivity contribution in [2.24, 2.45) is 5.73 Å². The molecule has 1 aromatic heterocycles. The average Bonchev–Trinajstić information content (AvgIpc) is 2.62. The average molecular weight is 350 g/mol. The molecule has 0 aliphatic rings. The van der Waals surface area contributed by atoms with E-state index in [2.05, 4.69) is 15.6 Å². The van der Waals surface area contributed by atoms with Crippen LogP contribution < -0.4 is 16.4 Å². The van der Waals surface area contributed by atoms with E-state index < -0.39 is 11.8 Å². The number of carbonyl (C=O) groups is 1. The third-order valence-corrected chi connectivity index (χ3v) is 3.91. The van der Waals surface area contributed by atoms with Crippen molar-refractivity contribution < 1.29 is 9.18 Å². The van der Waals surface area contributed by atoms with E-state index in [0.717, 1.165) is 16.8 Å². The van der Waals surface area contributed by atoms with Crippen molar-refractivity contribution in [1.29, 1.82) is 0 Å². The lowest BCUT2D eigenvalue weighted by Gasteiger charge is -2.11. The molecule has 6 heteroatoms. The second kappa shape index (κ2) is 7.76. The smallest absolute Gasteiger partial charge is 0.323 e. The van der Waals surface area contributed by atoms with E-state index in [0.29, 0.717) is 16.9 Å². The molecule has 26 heavy (non-hydrogen) atoms. The van der Waals surface area contributed by atoms with Gasteiger partial charge in [0.15, 0.2) is 0 Å². The highest BCUT2D eigenvalue weighted by Crippen LogP contribution is 2.22. The van der Waals surface area contributed by atoms with Gasteiger partial charge in [-0.25, -0.2) is 9.18 Å². The van der Waals surface area contributed by atoms with E-state index in [9.17, 15) is 9.18 Å². The molecule has 0 saturated carbocycles. The Labute approximate surface area is 151 Å². The Hall–Kier alpha value is -3.25. The normalized spacial score (nSPS) is 10.4. The fourth-order valence-corrected chi connectivity index (χ4v) is 2.60. The molecule has 3 rings (SSSR count). The Morgan fingerprint density at radius 3 is 2.50 bits per heavy atom. The van der Waals surface area contributed by atoms with Crippen molar-refractivity contribution in [1.82, 2.24) is 4.98 Å². The molecule has 4 N–H and O–H groups in total. The van der Waals surface area contributed by atoms with Crippen LogP contribution in [0.25, 0.3) is 11.1 Å². The number of benzene rings is 2. The molecule has 0 radical (unpaired) electrons. The molecule has 0 aliphatic heterocycles. The SMILES string of the molecule is Cc1cc(-c2ccc(NC(=O)Nc3cc(F)ccc3CN)cc2)ccn1. The van der Waals surface area contributed by atoms with Crippen molar-refractivity contribution in [2.75, 3.05) is 10.6 Å². The van der Waals surface area contributed by atoms with Gasteiger partial charge in [0.2, 0.25) is 0 Å². The number of urea groups is 1. The summed E-state index contributed by atoms with van der Waals surface area (Å²) in [7, 11) is 0. The predicted octanol–water partition coefficient (Wildman–Crippen LogP) is 4.30. The van der Waals surface area contributed by atoms with Gasteiger partial charge < -0.3 is 16.4 Å². The molecule has 3 aromatic rings. The lowest BCUT2D eigenvalue weighted by Crippen LogP contribution is -2.20. The summed E-state index contributed by atoms with van der Waals surface area (Å²) in [5.41, 5.74) is 10.3. The monoisotopic (exact) mass is 350 g/mol. The Kier molecular flexibility index (Phi) is 5.24. The molecule has 5 nitrogen and oxygen atoms in total. The lowest BCUT2D eigenvalue weighted by atomic mass is 10.1. The van der Waals surface area contributed by atoms with E-state index in [1.54, 1.807) is 24.4 Å². The van der Waals surface area contributed by atoms with Gasteiger partial charge in [-0.05, 0) is 60.0 Å². The molecule has 2 amide bonds. The highest BCUT2D eigenvalue weighted by Gasteiger charge is 2.08. The van der Waals surface area contributed by atoms with Crippen molar-refractivity contribution in [2.45, 2.75) is 13.5 Å². The maximum absolute atomic E-state index is 13.4. The molecule has 0 unspecified atom stereocenters. The van der Waals surface area contributed by atoms with Crippen molar-refractivity contribution in [3.05, 3.63) is 77.9 Å². The molecule has 2 aromatic carbocycles. The maximum Gasteiger partial charge on any atom is 0.323 e. The number of anilines is 2. The van der Waals surface area contributed by atoms with Gasteiger partial charge in [-0.3, -0.25) is 4.98 Å². The number of aryl methyl sites for hydroxylation is 1. The number of pyridine rings is 1. The summed E-state index contributed by atoms with van der Waals surface area (Å²) in [6.07, 6.45) is 1.76. The first-order chi connectivity index (χ1) is 12.5. The van der Waals surface area contributed by atoms with Crippen LogP contribution in [0, 0.1) is 12.7 Å². The van der Waals surface area contributed by atoms with Gasteiger partial charge in [-0.15, -0.1) is 0 Å². The summed E-state index contributed by atoms with van der Waals surface area (Å²) in [6, 6.07) is 15.0. The molecule has 0 spiro atoms. The van der Waals surface area contributed by atoms with Crippen LogP contribution in [-0.4, -0.2) is 11.0 Å². The molecule has 0 bridgehead atoms. The molecule has 0 aliphatic carbocycles.